The first-order valence-electron chi connectivity index (χ1n) is 8.20. The third-order valence-electron chi connectivity index (χ3n) is 3.58. The summed E-state index contributed by atoms with van der Waals surface area (Å²) in [6.45, 7) is 6.97. The Bertz CT molecular complexity index is 644. The number of rotatable bonds is 9. The van der Waals surface area contributed by atoms with Crippen LogP contribution in [-0.4, -0.2) is 20.3 Å². The van der Waals surface area contributed by atoms with Gasteiger partial charge in [-0.05, 0) is 66.2 Å². The second-order valence-electron chi connectivity index (χ2n) is 5.32. The van der Waals surface area contributed by atoms with Crippen LogP contribution in [0.5, 0.6) is 17.2 Å². The normalized spacial score (nSPS) is 10.5. The van der Waals surface area contributed by atoms with Crippen LogP contribution in [0.4, 0.5) is 0 Å². The van der Waals surface area contributed by atoms with E-state index in [2.05, 4.69) is 45.5 Å². The van der Waals surface area contributed by atoms with Crippen molar-refractivity contribution in [2.24, 2.45) is 0 Å². The maximum atomic E-state index is 5.72. The van der Waals surface area contributed by atoms with E-state index in [9.17, 15) is 0 Å². The molecule has 0 bridgehead atoms. The van der Waals surface area contributed by atoms with E-state index in [1.54, 1.807) is 7.11 Å². The van der Waals surface area contributed by atoms with Gasteiger partial charge in [-0.3, -0.25) is 0 Å². The first kappa shape index (κ1) is 18.6. The van der Waals surface area contributed by atoms with Crippen LogP contribution in [-0.2, 0) is 13.1 Å². The molecule has 0 aliphatic heterocycles. The molecular formula is C19H25BrNO3+. The van der Waals surface area contributed by atoms with E-state index in [4.69, 9.17) is 14.2 Å². The van der Waals surface area contributed by atoms with Gasteiger partial charge in [0.25, 0.3) is 0 Å². The van der Waals surface area contributed by atoms with Gasteiger partial charge in [-0.15, -0.1) is 0 Å². The van der Waals surface area contributed by atoms with Crippen molar-refractivity contribution >= 4 is 15.9 Å². The van der Waals surface area contributed by atoms with Crippen LogP contribution in [0.2, 0.25) is 0 Å². The SMILES string of the molecule is CCOc1cc(C[NH2+]Cc2ccc(OC)cc2)cc(Br)c1OCC. The minimum atomic E-state index is 0.613. The van der Waals surface area contributed by atoms with Gasteiger partial charge in [0.05, 0.1) is 24.8 Å². The summed E-state index contributed by atoms with van der Waals surface area (Å²) in [4.78, 5) is 0. The van der Waals surface area contributed by atoms with Gasteiger partial charge in [0.1, 0.15) is 18.8 Å². The number of nitrogens with two attached hydrogens (primary N) is 1. The molecule has 0 aromatic heterocycles. The molecule has 2 N–H and O–H groups in total. The van der Waals surface area contributed by atoms with Crippen LogP contribution in [0.15, 0.2) is 40.9 Å². The Morgan fingerprint density at radius 2 is 1.58 bits per heavy atom. The van der Waals surface area contributed by atoms with E-state index >= 15 is 0 Å². The number of hydrogen-bond acceptors (Lipinski definition) is 3. The summed E-state index contributed by atoms with van der Waals surface area (Å²) in [5.74, 6) is 2.45. The Morgan fingerprint density at radius 1 is 0.917 bits per heavy atom. The fourth-order valence-corrected chi connectivity index (χ4v) is 3.06. The monoisotopic (exact) mass is 394 g/mol. The average Bonchev–Trinajstić information content (AvgIpc) is 2.59. The maximum Gasteiger partial charge on any atom is 0.175 e. The van der Waals surface area contributed by atoms with E-state index in [1.165, 1.54) is 11.1 Å². The molecule has 0 saturated carbocycles. The van der Waals surface area contributed by atoms with Crippen LogP contribution >= 0.6 is 15.9 Å². The van der Waals surface area contributed by atoms with Gasteiger partial charge in [0, 0.05) is 11.1 Å². The van der Waals surface area contributed by atoms with Crippen molar-refractivity contribution in [3.8, 4) is 17.2 Å². The van der Waals surface area contributed by atoms with Crippen molar-refractivity contribution < 1.29 is 19.5 Å². The van der Waals surface area contributed by atoms with Crippen molar-refractivity contribution in [2.75, 3.05) is 20.3 Å². The fraction of sp³-hybridized carbons (Fsp3) is 0.368. The lowest BCUT2D eigenvalue weighted by Crippen LogP contribution is -2.80. The van der Waals surface area contributed by atoms with E-state index in [1.807, 2.05) is 26.0 Å². The molecule has 0 atom stereocenters. The standard InChI is InChI=1S/C19H24BrNO3/c1-4-23-18-11-15(10-17(20)19(18)24-5-2)13-21-12-14-6-8-16(22-3)9-7-14/h6-11,21H,4-5,12-13H2,1-3H3/p+1. The molecule has 2 aromatic carbocycles. The first-order chi connectivity index (χ1) is 11.7. The molecule has 0 aliphatic carbocycles. The molecule has 0 heterocycles. The van der Waals surface area contributed by atoms with Crippen LogP contribution in [0.1, 0.15) is 25.0 Å². The molecule has 0 spiro atoms. The molecule has 2 rings (SSSR count). The lowest BCUT2D eigenvalue weighted by Gasteiger charge is -2.14. The lowest BCUT2D eigenvalue weighted by molar-refractivity contribution is -0.686. The second kappa shape index (κ2) is 9.55. The Labute approximate surface area is 152 Å². The average molecular weight is 395 g/mol. The third-order valence-corrected chi connectivity index (χ3v) is 4.17. The Morgan fingerprint density at radius 3 is 2.21 bits per heavy atom. The number of quaternary nitrogens is 1. The summed E-state index contributed by atoms with van der Waals surface area (Å²) in [5, 5.41) is 2.26. The fourth-order valence-electron chi connectivity index (χ4n) is 2.45. The highest BCUT2D eigenvalue weighted by molar-refractivity contribution is 9.10. The molecule has 2 aromatic rings. The van der Waals surface area contributed by atoms with E-state index in [0.717, 1.165) is 34.8 Å². The van der Waals surface area contributed by atoms with Crippen molar-refractivity contribution in [2.45, 2.75) is 26.9 Å². The molecule has 0 fully saturated rings. The zero-order valence-electron chi connectivity index (χ0n) is 14.5. The van der Waals surface area contributed by atoms with E-state index in [-0.39, 0.29) is 0 Å². The summed E-state index contributed by atoms with van der Waals surface area (Å²) >= 11 is 3.59. The molecule has 0 amide bonds. The Balaban J connectivity index is 2.00. The summed E-state index contributed by atoms with van der Waals surface area (Å²) in [6.07, 6.45) is 0. The summed E-state index contributed by atoms with van der Waals surface area (Å²) < 4.78 is 17.5. The van der Waals surface area contributed by atoms with Gasteiger partial charge in [-0.2, -0.15) is 0 Å². The minimum absolute atomic E-state index is 0.613. The Kier molecular flexibility index (Phi) is 7.40. The largest absolute Gasteiger partial charge is 0.497 e. The second-order valence-corrected chi connectivity index (χ2v) is 6.17. The number of ether oxygens (including phenoxy) is 3. The van der Waals surface area contributed by atoms with Gasteiger partial charge in [0.2, 0.25) is 0 Å². The predicted octanol–water partition coefficient (Wildman–Crippen LogP) is 3.52. The molecule has 4 nitrogen and oxygen atoms in total. The molecule has 24 heavy (non-hydrogen) atoms. The molecule has 130 valence electrons. The third kappa shape index (κ3) is 5.14. The lowest BCUT2D eigenvalue weighted by atomic mass is 10.1. The molecule has 0 radical (unpaired) electrons. The quantitative estimate of drug-likeness (QED) is 0.707. The predicted molar refractivity (Wildman–Crippen MR) is 98.8 cm³/mol. The van der Waals surface area contributed by atoms with Crippen molar-refractivity contribution in [3.05, 3.63) is 52.0 Å². The summed E-state index contributed by atoms with van der Waals surface area (Å²) in [7, 11) is 1.68. The highest BCUT2D eigenvalue weighted by Crippen LogP contribution is 2.36. The zero-order chi connectivity index (χ0) is 17.4. The van der Waals surface area contributed by atoms with Gasteiger partial charge < -0.3 is 19.5 Å². The summed E-state index contributed by atoms with van der Waals surface area (Å²) in [5.41, 5.74) is 2.47. The minimum Gasteiger partial charge on any atom is -0.497 e. The number of methoxy groups -OCH3 is 1. The van der Waals surface area contributed by atoms with Gasteiger partial charge in [-0.25, -0.2) is 0 Å². The molecule has 0 saturated heterocycles. The summed E-state index contributed by atoms with van der Waals surface area (Å²) in [6, 6.07) is 12.3. The molecular weight excluding hydrogens is 370 g/mol. The molecule has 5 heteroatoms. The van der Waals surface area contributed by atoms with E-state index in [0.29, 0.717) is 13.2 Å². The van der Waals surface area contributed by atoms with Gasteiger partial charge >= 0.3 is 0 Å². The van der Waals surface area contributed by atoms with Crippen LogP contribution < -0.4 is 19.5 Å². The van der Waals surface area contributed by atoms with Crippen LogP contribution in [0.25, 0.3) is 0 Å². The van der Waals surface area contributed by atoms with Crippen molar-refractivity contribution in [1.82, 2.24) is 0 Å². The maximum absolute atomic E-state index is 5.72. The molecule has 0 aliphatic rings. The highest BCUT2D eigenvalue weighted by atomic mass is 79.9. The van der Waals surface area contributed by atoms with Crippen LogP contribution in [0.3, 0.4) is 0 Å². The van der Waals surface area contributed by atoms with Crippen molar-refractivity contribution in [3.63, 3.8) is 0 Å². The number of hydrogen-bond donors (Lipinski definition) is 1. The topological polar surface area (TPSA) is 44.3 Å². The van der Waals surface area contributed by atoms with E-state index < -0.39 is 0 Å². The Hall–Kier alpha value is -1.72. The molecule has 0 unspecified atom stereocenters. The van der Waals surface area contributed by atoms with Crippen LogP contribution in [0, 0.1) is 0 Å². The highest BCUT2D eigenvalue weighted by Gasteiger charge is 2.12. The van der Waals surface area contributed by atoms with Crippen molar-refractivity contribution in [1.29, 1.82) is 0 Å². The number of halogens is 1. The first-order valence-corrected chi connectivity index (χ1v) is 8.99. The number of benzene rings is 2. The van der Waals surface area contributed by atoms with Gasteiger partial charge in [0.15, 0.2) is 11.5 Å². The zero-order valence-corrected chi connectivity index (χ0v) is 16.1. The van der Waals surface area contributed by atoms with Gasteiger partial charge in [-0.1, -0.05) is 0 Å². The smallest absolute Gasteiger partial charge is 0.175 e.